The number of benzene rings is 1. The molecule has 0 amide bonds. The normalized spacial score (nSPS) is 19.4. The van der Waals surface area contributed by atoms with Gasteiger partial charge < -0.3 is 14.9 Å². The zero-order chi connectivity index (χ0) is 21.4. The van der Waals surface area contributed by atoms with E-state index in [2.05, 4.69) is 6.92 Å². The number of hydrogen-bond donors (Lipinski definition) is 2. The second-order valence-corrected chi connectivity index (χ2v) is 8.02. The van der Waals surface area contributed by atoms with Crippen molar-refractivity contribution in [1.82, 2.24) is 4.57 Å². The maximum Gasteiger partial charge on any atom is 0.343 e. The van der Waals surface area contributed by atoms with Crippen LogP contribution in [-0.2, 0) is 41.8 Å². The molecule has 4 heterocycles. The van der Waals surface area contributed by atoms with Crippen molar-refractivity contribution in [3.8, 4) is 17.1 Å². The molecule has 7 nitrogen and oxygen atoms in total. The molecule has 2 aliphatic heterocycles. The maximum absolute atomic E-state index is 13.4. The van der Waals surface area contributed by atoms with Crippen molar-refractivity contribution in [2.24, 2.45) is 7.05 Å². The molecule has 1 unspecified atom stereocenters. The molecule has 0 saturated carbocycles. The summed E-state index contributed by atoms with van der Waals surface area (Å²) in [6, 6.07) is 7.05. The second-order valence-electron chi connectivity index (χ2n) is 8.02. The Bertz CT molecular complexity index is 1320. The van der Waals surface area contributed by atoms with E-state index >= 15 is 0 Å². The Labute approximate surface area is 172 Å². The number of carbonyl (C=O) groups is 1. The van der Waals surface area contributed by atoms with Gasteiger partial charge in [0.25, 0.3) is 5.56 Å². The van der Waals surface area contributed by atoms with Crippen LogP contribution in [0.2, 0.25) is 0 Å². The van der Waals surface area contributed by atoms with Crippen LogP contribution in [0.5, 0.6) is 5.75 Å². The molecule has 30 heavy (non-hydrogen) atoms. The molecule has 7 heteroatoms. The van der Waals surface area contributed by atoms with Crippen molar-refractivity contribution in [3.63, 3.8) is 0 Å². The number of pyridine rings is 2. The summed E-state index contributed by atoms with van der Waals surface area (Å²) in [4.78, 5) is 25.7. The first-order valence-electron chi connectivity index (χ1n) is 10.1. The molecule has 1 atom stereocenters. The first-order valence-corrected chi connectivity index (χ1v) is 10.1. The smallest absolute Gasteiger partial charge is 0.343 e. The number of phenols is 1. The van der Waals surface area contributed by atoms with Crippen LogP contribution in [-0.4, -0.2) is 20.7 Å². The van der Waals surface area contributed by atoms with Gasteiger partial charge in [0.05, 0.1) is 17.5 Å². The largest absolute Gasteiger partial charge is 0.508 e. The molecule has 0 bridgehead atoms. The van der Waals surface area contributed by atoms with Gasteiger partial charge in [-0.15, -0.1) is 0 Å². The number of phenolic OH excluding ortho intramolecular Hbond substituents is 1. The molecule has 0 aliphatic carbocycles. The zero-order valence-corrected chi connectivity index (χ0v) is 17.2. The topological polar surface area (TPSA) is 92.6 Å². The van der Waals surface area contributed by atoms with E-state index in [4.69, 9.17) is 4.74 Å². The number of carbonyl (C=O) groups excluding carboxylic acids is 1. The first-order chi connectivity index (χ1) is 14.3. The van der Waals surface area contributed by atoms with Gasteiger partial charge in [0.15, 0.2) is 5.60 Å². The third-order valence-corrected chi connectivity index (χ3v) is 6.61. The zero-order valence-electron chi connectivity index (χ0n) is 17.2. The van der Waals surface area contributed by atoms with Gasteiger partial charge in [-0.3, -0.25) is 9.36 Å². The summed E-state index contributed by atoms with van der Waals surface area (Å²) in [6.45, 7) is 4.02. The van der Waals surface area contributed by atoms with Gasteiger partial charge in [0.1, 0.15) is 25.1 Å². The van der Waals surface area contributed by atoms with Crippen LogP contribution in [0.4, 0.5) is 0 Å². The number of cyclic esters (lactones) is 1. The highest BCUT2D eigenvalue weighted by atomic mass is 16.6. The number of ether oxygens (including phenoxy) is 1. The van der Waals surface area contributed by atoms with E-state index < -0.39 is 11.6 Å². The summed E-state index contributed by atoms with van der Waals surface area (Å²) < 4.78 is 8.84. The van der Waals surface area contributed by atoms with Crippen LogP contribution in [0.15, 0.2) is 29.1 Å². The quantitative estimate of drug-likeness (QED) is 0.390. The lowest BCUT2D eigenvalue weighted by Gasteiger charge is -2.31. The average molecular weight is 407 g/mol. The lowest BCUT2D eigenvalue weighted by molar-refractivity contribution is -0.633. The van der Waals surface area contributed by atoms with Crippen LogP contribution >= 0.6 is 0 Å². The summed E-state index contributed by atoms with van der Waals surface area (Å²) in [6.07, 6.45) is 0.865. The number of aryl methyl sites for hydroxylation is 2. The Balaban J connectivity index is 1.88. The molecule has 5 rings (SSSR count). The maximum atomic E-state index is 13.4. The summed E-state index contributed by atoms with van der Waals surface area (Å²) in [5.74, 6) is -0.517. The average Bonchev–Trinajstić information content (AvgIpc) is 3.11. The monoisotopic (exact) mass is 407 g/mol. The fourth-order valence-corrected chi connectivity index (χ4v) is 5.00. The van der Waals surface area contributed by atoms with Gasteiger partial charge in [0.2, 0.25) is 11.2 Å². The van der Waals surface area contributed by atoms with Crippen molar-refractivity contribution in [2.75, 3.05) is 0 Å². The van der Waals surface area contributed by atoms with E-state index in [1.54, 1.807) is 29.7 Å². The fraction of sp³-hybridized carbons (Fsp3) is 0.348. The molecule has 3 aromatic rings. The van der Waals surface area contributed by atoms with Gasteiger partial charge in [-0.2, -0.15) is 4.57 Å². The summed E-state index contributed by atoms with van der Waals surface area (Å²) in [7, 11) is 1.93. The molecule has 0 radical (unpaired) electrons. The minimum atomic E-state index is -1.82. The molecule has 0 fully saturated rings. The number of rotatable bonds is 2. The number of esters is 1. The second kappa shape index (κ2) is 6.15. The first kappa shape index (κ1) is 18.8. The Hall–Kier alpha value is -3.19. The summed E-state index contributed by atoms with van der Waals surface area (Å²) in [5.41, 5.74) is 3.22. The molecule has 154 valence electrons. The number of aliphatic hydroxyl groups is 1. The van der Waals surface area contributed by atoms with Gasteiger partial charge in [-0.05, 0) is 36.6 Å². The van der Waals surface area contributed by atoms with Crippen molar-refractivity contribution in [1.29, 1.82) is 0 Å². The van der Waals surface area contributed by atoms with Crippen LogP contribution in [0.1, 0.15) is 42.5 Å². The Morgan fingerprint density at radius 3 is 2.67 bits per heavy atom. The molecule has 0 spiro atoms. The van der Waals surface area contributed by atoms with Crippen molar-refractivity contribution in [2.45, 2.75) is 45.4 Å². The highest BCUT2D eigenvalue weighted by molar-refractivity contribution is 5.87. The van der Waals surface area contributed by atoms with Crippen molar-refractivity contribution < 1.29 is 24.3 Å². The predicted octanol–water partition coefficient (Wildman–Crippen LogP) is 1.78. The molecule has 2 N–H and O–H groups in total. The van der Waals surface area contributed by atoms with E-state index in [0.29, 0.717) is 23.4 Å². The third kappa shape index (κ3) is 2.21. The van der Waals surface area contributed by atoms with Gasteiger partial charge >= 0.3 is 5.97 Å². The van der Waals surface area contributed by atoms with Gasteiger partial charge in [0, 0.05) is 17.2 Å². The van der Waals surface area contributed by atoms with Gasteiger partial charge in [-0.1, -0.05) is 13.8 Å². The summed E-state index contributed by atoms with van der Waals surface area (Å²) in [5, 5.41) is 22.0. The lowest BCUT2D eigenvalue weighted by Crippen LogP contribution is -2.44. The SMILES string of the molecule is CCc1c2c([n+](C)c3ccc(O)cc13)-c1cc3c(c(=O)n1C2)COC(=O)C3(O)CC. The van der Waals surface area contributed by atoms with E-state index in [9.17, 15) is 19.8 Å². The van der Waals surface area contributed by atoms with Crippen LogP contribution in [0.25, 0.3) is 22.3 Å². The Morgan fingerprint density at radius 1 is 1.20 bits per heavy atom. The van der Waals surface area contributed by atoms with Crippen LogP contribution in [0.3, 0.4) is 0 Å². The number of fused-ring (bicyclic) bond motifs is 5. The summed E-state index contributed by atoms with van der Waals surface area (Å²) >= 11 is 0. The highest BCUT2D eigenvalue weighted by Gasteiger charge is 2.46. The Morgan fingerprint density at radius 2 is 1.97 bits per heavy atom. The van der Waals surface area contributed by atoms with Crippen molar-refractivity contribution >= 4 is 16.9 Å². The molecule has 2 aliphatic rings. The van der Waals surface area contributed by atoms with Gasteiger partial charge in [-0.25, -0.2) is 4.79 Å². The minimum Gasteiger partial charge on any atom is -0.508 e. The number of aromatic hydroxyl groups is 1. The fourth-order valence-electron chi connectivity index (χ4n) is 5.00. The van der Waals surface area contributed by atoms with E-state index in [0.717, 1.165) is 34.1 Å². The lowest BCUT2D eigenvalue weighted by atomic mass is 9.86. The third-order valence-electron chi connectivity index (χ3n) is 6.61. The predicted molar refractivity (Wildman–Crippen MR) is 109 cm³/mol. The van der Waals surface area contributed by atoms with Crippen LogP contribution < -0.4 is 10.1 Å². The molecular formula is C23H23N2O5+. The standard InChI is InChI=1S/C23H22N2O5/c1-4-13-14-8-12(26)6-7-18(14)24(3)20-15(13)10-25-19(20)9-17-16(21(25)27)11-30-22(28)23(17,29)5-2/h6-9,29H,4-5,10-11H2,1-3H3/p+1. The Kier molecular flexibility index (Phi) is 3.86. The number of hydrogen-bond acceptors (Lipinski definition) is 5. The molecule has 0 saturated heterocycles. The molecular weight excluding hydrogens is 384 g/mol. The van der Waals surface area contributed by atoms with Crippen LogP contribution in [0, 0.1) is 0 Å². The van der Waals surface area contributed by atoms with E-state index in [1.807, 2.05) is 17.7 Å². The molecule has 1 aromatic carbocycles. The number of nitrogens with zero attached hydrogens (tertiary/aromatic N) is 2. The van der Waals surface area contributed by atoms with E-state index in [-0.39, 0.29) is 24.3 Å². The van der Waals surface area contributed by atoms with E-state index in [1.165, 1.54) is 0 Å². The number of aromatic nitrogens is 2. The van der Waals surface area contributed by atoms with Crippen molar-refractivity contribution in [3.05, 3.63) is 56.9 Å². The minimum absolute atomic E-state index is 0.123. The molecule has 2 aromatic heterocycles. The highest BCUT2D eigenvalue weighted by Crippen LogP contribution is 2.39.